The van der Waals surface area contributed by atoms with Gasteiger partial charge in [-0.15, -0.1) is 5.10 Å². The van der Waals surface area contributed by atoms with E-state index in [1.54, 1.807) is 6.08 Å². The molecule has 0 amide bonds. The Morgan fingerprint density at radius 3 is 2.88 bits per heavy atom. The Morgan fingerprint density at radius 1 is 1.54 bits per heavy atom. The molecule has 3 rings (SSSR count). The van der Waals surface area contributed by atoms with E-state index in [2.05, 4.69) is 22.7 Å². The van der Waals surface area contributed by atoms with Crippen molar-refractivity contribution in [2.75, 3.05) is 0 Å². The Hall–Kier alpha value is -2.55. The van der Waals surface area contributed by atoms with E-state index in [0.717, 1.165) is 12.8 Å². The number of nitrogens with zero attached hydrogens (tertiary/aromatic N) is 4. The number of halogens is 1. The van der Waals surface area contributed by atoms with E-state index >= 15 is 0 Å². The number of nitriles is 1. The van der Waals surface area contributed by atoms with E-state index in [9.17, 15) is 14.4 Å². The van der Waals surface area contributed by atoms with Crippen molar-refractivity contribution in [3.63, 3.8) is 0 Å². The monoisotopic (exact) mass is 326 g/mol. The lowest BCUT2D eigenvalue weighted by atomic mass is 9.96. The van der Waals surface area contributed by atoms with Crippen LogP contribution in [-0.4, -0.2) is 20.5 Å². The van der Waals surface area contributed by atoms with Crippen molar-refractivity contribution in [2.24, 2.45) is 5.92 Å². The highest BCUT2D eigenvalue weighted by atomic mass is 19.1. The van der Waals surface area contributed by atoms with Crippen molar-refractivity contribution < 1.29 is 9.18 Å². The van der Waals surface area contributed by atoms with Crippen LogP contribution in [0.4, 0.5) is 4.39 Å². The summed E-state index contributed by atoms with van der Waals surface area (Å²) in [5.74, 6) is 0.167. The molecule has 124 valence electrons. The molecule has 0 unspecified atom stereocenters. The smallest absolute Gasteiger partial charge is 0.217 e. The largest absolute Gasteiger partial charge is 0.290 e. The van der Waals surface area contributed by atoms with E-state index in [1.165, 1.54) is 10.8 Å². The maximum atomic E-state index is 14.4. The van der Waals surface area contributed by atoms with Crippen LogP contribution in [0.5, 0.6) is 0 Å². The summed E-state index contributed by atoms with van der Waals surface area (Å²) in [6.45, 7) is 5.58. The molecule has 0 bridgehead atoms. The highest BCUT2D eigenvalue weighted by molar-refractivity contribution is 5.96. The minimum Gasteiger partial charge on any atom is -0.290 e. The van der Waals surface area contributed by atoms with Gasteiger partial charge in [0.15, 0.2) is 12.0 Å². The van der Waals surface area contributed by atoms with Crippen LogP contribution in [0, 0.1) is 17.2 Å². The first-order valence-corrected chi connectivity index (χ1v) is 8.18. The van der Waals surface area contributed by atoms with Gasteiger partial charge in [0.25, 0.3) is 0 Å². The number of ketones is 1. The fourth-order valence-corrected chi connectivity index (χ4v) is 3.03. The molecule has 24 heavy (non-hydrogen) atoms. The summed E-state index contributed by atoms with van der Waals surface area (Å²) in [6.07, 6.45) is 6.35. The molecule has 6 heteroatoms. The topological polar surface area (TPSA) is 71.6 Å². The molecule has 1 aliphatic carbocycles. The average molecular weight is 326 g/mol. The second-order valence-electron chi connectivity index (χ2n) is 6.09. The summed E-state index contributed by atoms with van der Waals surface area (Å²) in [4.78, 5) is 16.3. The summed E-state index contributed by atoms with van der Waals surface area (Å²) in [7, 11) is 0. The fourth-order valence-electron chi connectivity index (χ4n) is 3.03. The number of Topliss-reactive ketones (excluding diaryl/α,β-unsaturated/α-hetero) is 1. The first kappa shape index (κ1) is 16.3. The maximum Gasteiger partial charge on any atom is 0.217 e. The maximum absolute atomic E-state index is 14.4. The number of hydrogen-bond donors (Lipinski definition) is 0. The molecule has 2 atom stereocenters. The molecule has 2 heterocycles. The summed E-state index contributed by atoms with van der Waals surface area (Å²) < 4.78 is 15.9. The van der Waals surface area contributed by atoms with E-state index in [0.29, 0.717) is 17.6 Å². The summed E-state index contributed by atoms with van der Waals surface area (Å²) in [5.41, 5.74) is 1.14. The normalized spacial score (nSPS) is 23.7. The van der Waals surface area contributed by atoms with Crippen molar-refractivity contribution in [3.05, 3.63) is 47.6 Å². The predicted octanol–water partition coefficient (Wildman–Crippen LogP) is 3.80. The van der Waals surface area contributed by atoms with Gasteiger partial charge in [-0.25, -0.2) is 14.1 Å². The van der Waals surface area contributed by atoms with Gasteiger partial charge in [0.05, 0.1) is 17.7 Å². The minimum atomic E-state index is -1.29. The zero-order valence-corrected chi connectivity index (χ0v) is 13.6. The van der Waals surface area contributed by atoms with Gasteiger partial charge in [-0.05, 0) is 30.9 Å². The van der Waals surface area contributed by atoms with Crippen molar-refractivity contribution in [3.8, 4) is 6.07 Å². The third-order valence-electron chi connectivity index (χ3n) is 4.33. The molecule has 2 aliphatic rings. The highest BCUT2D eigenvalue weighted by Crippen LogP contribution is 2.42. The van der Waals surface area contributed by atoms with Crippen LogP contribution in [0.1, 0.15) is 61.3 Å². The number of carbonyl (C=O) groups is 1. The third-order valence-corrected chi connectivity index (χ3v) is 4.33. The highest BCUT2D eigenvalue weighted by Gasteiger charge is 2.40. The number of fused-ring (bicyclic) bond motifs is 1. The van der Waals surface area contributed by atoms with Gasteiger partial charge in [-0.1, -0.05) is 25.7 Å². The molecular formula is C18H19FN4O. The predicted molar refractivity (Wildman–Crippen MR) is 86.8 cm³/mol. The molecule has 1 saturated carbocycles. The van der Waals surface area contributed by atoms with E-state index in [-0.39, 0.29) is 29.8 Å². The number of hydrogen-bond acceptors (Lipinski definition) is 4. The van der Waals surface area contributed by atoms with Crippen molar-refractivity contribution in [1.29, 1.82) is 5.26 Å². The SMILES string of the molecule is C=C/C=C(C#N)\C(=C/CC)[C@@H]1C[C@H](F)c2nc(C(=O)C3CC3)nn21. The average Bonchev–Trinajstić information content (AvgIpc) is 3.26. The van der Waals surface area contributed by atoms with Crippen molar-refractivity contribution in [2.45, 2.75) is 44.8 Å². The van der Waals surface area contributed by atoms with Gasteiger partial charge in [0.2, 0.25) is 11.6 Å². The van der Waals surface area contributed by atoms with Gasteiger partial charge in [-0.3, -0.25) is 4.79 Å². The number of alkyl halides is 1. The molecule has 1 aromatic rings. The first-order chi connectivity index (χ1) is 11.6. The molecule has 0 spiro atoms. The van der Waals surface area contributed by atoms with Crippen LogP contribution in [-0.2, 0) is 0 Å². The van der Waals surface area contributed by atoms with E-state index < -0.39 is 12.2 Å². The second kappa shape index (κ2) is 6.52. The Kier molecular flexibility index (Phi) is 4.43. The van der Waals surface area contributed by atoms with Crippen LogP contribution in [0.2, 0.25) is 0 Å². The van der Waals surface area contributed by atoms with E-state index in [1.807, 2.05) is 13.0 Å². The van der Waals surface area contributed by atoms with Gasteiger partial charge in [0, 0.05) is 12.3 Å². The Labute approximate surface area is 140 Å². The van der Waals surface area contributed by atoms with E-state index in [4.69, 9.17) is 0 Å². The molecule has 5 nitrogen and oxygen atoms in total. The van der Waals surface area contributed by atoms with Gasteiger partial charge < -0.3 is 0 Å². The Balaban J connectivity index is 2.00. The van der Waals surface area contributed by atoms with Crippen LogP contribution in [0.25, 0.3) is 0 Å². The standard InChI is InChI=1S/C18H19FN4O/c1-3-5-12(10-20)13(6-4-2)15-9-14(19)18-21-17(22-23(15)18)16(24)11-7-8-11/h3,5-6,11,14-15H,1,4,7-9H2,2H3/b12-5-,13-6+/t14-,15-/m0/s1. The zero-order chi connectivity index (χ0) is 17.3. The lowest BCUT2D eigenvalue weighted by Gasteiger charge is -2.15. The Morgan fingerprint density at radius 2 is 2.29 bits per heavy atom. The summed E-state index contributed by atoms with van der Waals surface area (Å²) >= 11 is 0. The van der Waals surface area contributed by atoms with Crippen LogP contribution < -0.4 is 0 Å². The molecule has 1 aliphatic heterocycles. The second-order valence-corrected chi connectivity index (χ2v) is 6.09. The van der Waals surface area contributed by atoms with Crippen LogP contribution >= 0.6 is 0 Å². The number of allylic oxidation sites excluding steroid dienone is 5. The van der Waals surface area contributed by atoms with Crippen LogP contribution in [0.15, 0.2) is 36.0 Å². The lowest BCUT2D eigenvalue weighted by Crippen LogP contribution is -2.12. The molecular weight excluding hydrogens is 307 g/mol. The Bertz CT molecular complexity index is 779. The number of carbonyl (C=O) groups excluding carboxylic acids is 1. The molecule has 1 aromatic heterocycles. The molecule has 0 saturated heterocycles. The number of aromatic nitrogens is 3. The van der Waals surface area contributed by atoms with Gasteiger partial charge in [0.1, 0.15) is 0 Å². The van der Waals surface area contributed by atoms with Crippen LogP contribution in [0.3, 0.4) is 0 Å². The first-order valence-electron chi connectivity index (χ1n) is 8.18. The summed E-state index contributed by atoms with van der Waals surface area (Å²) in [6, 6.07) is 1.72. The third kappa shape index (κ3) is 2.82. The van der Waals surface area contributed by atoms with Crippen molar-refractivity contribution >= 4 is 5.78 Å². The summed E-state index contributed by atoms with van der Waals surface area (Å²) in [5, 5.41) is 13.7. The molecule has 0 radical (unpaired) electrons. The minimum absolute atomic E-state index is 0.00868. The fraction of sp³-hybridized carbons (Fsp3) is 0.444. The van der Waals surface area contributed by atoms with Gasteiger partial charge >= 0.3 is 0 Å². The van der Waals surface area contributed by atoms with Gasteiger partial charge in [-0.2, -0.15) is 5.26 Å². The molecule has 1 fully saturated rings. The molecule has 0 N–H and O–H groups in total. The number of rotatable bonds is 6. The lowest BCUT2D eigenvalue weighted by molar-refractivity contribution is 0.0956. The van der Waals surface area contributed by atoms with Crippen molar-refractivity contribution in [1.82, 2.24) is 14.8 Å². The molecule has 0 aromatic carbocycles. The zero-order valence-electron chi connectivity index (χ0n) is 13.6. The quantitative estimate of drug-likeness (QED) is 0.453.